The van der Waals surface area contributed by atoms with Gasteiger partial charge in [-0.05, 0) is 37.6 Å². The molecule has 0 saturated carbocycles. The van der Waals surface area contributed by atoms with Crippen LogP contribution in [0.15, 0.2) is 29.2 Å². The lowest BCUT2D eigenvalue weighted by atomic mass is 10.2. The zero-order chi connectivity index (χ0) is 16.3. The molecule has 21 heavy (non-hydrogen) atoms. The third-order valence-corrected chi connectivity index (χ3v) is 5.13. The average Bonchev–Trinajstić information content (AvgIpc) is 2.36. The van der Waals surface area contributed by atoms with Gasteiger partial charge in [0.15, 0.2) is 0 Å². The smallest absolute Gasteiger partial charge is 0.341 e. The first-order valence-corrected chi connectivity index (χ1v) is 9.69. The van der Waals surface area contributed by atoms with E-state index in [1.165, 1.54) is 12.1 Å². The van der Waals surface area contributed by atoms with Gasteiger partial charge in [-0.3, -0.25) is 0 Å². The Bertz CT molecular complexity index is 670. The van der Waals surface area contributed by atoms with Crippen molar-refractivity contribution in [3.63, 3.8) is 0 Å². The molecule has 0 bridgehead atoms. The maximum atomic E-state index is 12.4. The Hall–Kier alpha value is -1.22. The fourth-order valence-electron chi connectivity index (χ4n) is 1.59. The minimum absolute atomic E-state index is 0.0268. The molecular formula is C12H17F2NO4S2. The van der Waals surface area contributed by atoms with E-state index >= 15 is 0 Å². The van der Waals surface area contributed by atoms with Gasteiger partial charge in [0.25, 0.3) is 0 Å². The lowest BCUT2D eigenvalue weighted by molar-refractivity contribution is 0.234. The molecule has 5 nitrogen and oxygen atoms in total. The molecule has 0 spiro atoms. The van der Waals surface area contributed by atoms with Crippen molar-refractivity contribution in [1.82, 2.24) is 0 Å². The number of halogens is 2. The normalized spacial score (nSPS) is 14.1. The van der Waals surface area contributed by atoms with Gasteiger partial charge in [-0.2, -0.15) is 8.78 Å². The van der Waals surface area contributed by atoms with Gasteiger partial charge in [-0.15, -0.1) is 0 Å². The van der Waals surface area contributed by atoms with Crippen LogP contribution in [0.3, 0.4) is 0 Å². The van der Waals surface area contributed by atoms with Crippen LogP contribution in [0.1, 0.15) is 13.3 Å². The molecule has 0 aliphatic heterocycles. The van der Waals surface area contributed by atoms with Crippen LogP contribution in [0.5, 0.6) is 0 Å². The first kappa shape index (κ1) is 17.8. The van der Waals surface area contributed by atoms with E-state index in [1.54, 1.807) is 6.92 Å². The molecule has 0 fully saturated rings. The maximum absolute atomic E-state index is 12.4. The summed E-state index contributed by atoms with van der Waals surface area (Å²) in [5.74, 6) is -3.43. The van der Waals surface area contributed by atoms with E-state index in [0.29, 0.717) is 12.1 Å². The van der Waals surface area contributed by atoms with Crippen molar-refractivity contribution in [2.75, 3.05) is 17.3 Å². The fourth-order valence-corrected chi connectivity index (χ4v) is 3.09. The first-order valence-electron chi connectivity index (χ1n) is 6.09. The third kappa shape index (κ3) is 5.58. The van der Waals surface area contributed by atoms with Crippen LogP contribution < -0.4 is 5.32 Å². The molecule has 1 aromatic rings. The molecule has 120 valence electrons. The van der Waals surface area contributed by atoms with Crippen LogP contribution in [-0.4, -0.2) is 40.6 Å². The first-order chi connectivity index (χ1) is 9.52. The van der Waals surface area contributed by atoms with Crippen LogP contribution >= 0.6 is 0 Å². The van der Waals surface area contributed by atoms with E-state index in [2.05, 4.69) is 5.32 Å². The van der Waals surface area contributed by atoms with Gasteiger partial charge in [0.1, 0.15) is 9.84 Å². The molecule has 0 saturated heterocycles. The minimum Gasteiger partial charge on any atom is -0.383 e. The minimum atomic E-state index is -4.59. The highest BCUT2D eigenvalue weighted by molar-refractivity contribution is 7.91. The van der Waals surface area contributed by atoms with Crippen molar-refractivity contribution < 1.29 is 25.6 Å². The molecule has 0 heterocycles. The monoisotopic (exact) mass is 341 g/mol. The third-order valence-electron chi connectivity index (χ3n) is 2.75. The highest BCUT2D eigenvalue weighted by Crippen LogP contribution is 2.20. The van der Waals surface area contributed by atoms with Crippen LogP contribution in [0.4, 0.5) is 14.5 Å². The van der Waals surface area contributed by atoms with E-state index < -0.39 is 30.3 Å². The summed E-state index contributed by atoms with van der Waals surface area (Å²) in [6.07, 6.45) is 1.53. The number of alkyl halides is 2. The van der Waals surface area contributed by atoms with Crippen molar-refractivity contribution in [3.05, 3.63) is 24.3 Å². The Morgan fingerprint density at radius 3 is 2.05 bits per heavy atom. The van der Waals surface area contributed by atoms with Crippen molar-refractivity contribution >= 4 is 25.4 Å². The molecule has 0 aromatic heterocycles. The molecule has 1 N–H and O–H groups in total. The molecule has 1 unspecified atom stereocenters. The van der Waals surface area contributed by atoms with Gasteiger partial charge < -0.3 is 5.32 Å². The topological polar surface area (TPSA) is 80.3 Å². The van der Waals surface area contributed by atoms with Gasteiger partial charge in [0.05, 0.1) is 10.6 Å². The summed E-state index contributed by atoms with van der Waals surface area (Å²) in [4.78, 5) is -0.452. The summed E-state index contributed by atoms with van der Waals surface area (Å²) in [5, 5.41) is 2.98. The van der Waals surface area contributed by atoms with Crippen LogP contribution in [-0.2, 0) is 19.7 Å². The lowest BCUT2D eigenvalue weighted by Crippen LogP contribution is -2.19. The summed E-state index contributed by atoms with van der Waals surface area (Å²) >= 11 is 0. The zero-order valence-electron chi connectivity index (χ0n) is 11.6. The molecule has 9 heteroatoms. The Morgan fingerprint density at radius 1 is 1.10 bits per heavy atom. The van der Waals surface area contributed by atoms with E-state index in [0.717, 1.165) is 18.4 Å². The summed E-state index contributed by atoms with van der Waals surface area (Å²) in [6.45, 7) is 1.77. The van der Waals surface area contributed by atoms with E-state index in [4.69, 9.17) is 0 Å². The quantitative estimate of drug-likeness (QED) is 0.819. The number of benzene rings is 1. The second kappa shape index (κ2) is 6.69. The Morgan fingerprint density at radius 2 is 1.62 bits per heavy atom. The number of nitrogens with one attached hydrogen (secondary N) is 1. The Kier molecular flexibility index (Phi) is 5.68. The van der Waals surface area contributed by atoms with Crippen molar-refractivity contribution in [2.24, 2.45) is 0 Å². The molecule has 0 amide bonds. The average molecular weight is 341 g/mol. The van der Waals surface area contributed by atoms with Crippen LogP contribution in [0, 0.1) is 0 Å². The summed E-state index contributed by atoms with van der Waals surface area (Å²) in [5.41, 5.74) is 0.532. The highest BCUT2D eigenvalue weighted by Gasteiger charge is 2.26. The number of anilines is 1. The molecule has 0 aliphatic rings. The molecule has 1 atom stereocenters. The van der Waals surface area contributed by atoms with Crippen molar-refractivity contribution in [1.29, 1.82) is 0 Å². The van der Waals surface area contributed by atoms with Crippen molar-refractivity contribution in [2.45, 2.75) is 30.0 Å². The summed E-state index contributed by atoms with van der Waals surface area (Å²) in [7, 11) is -7.64. The second-order valence-corrected chi connectivity index (χ2v) is 8.97. The van der Waals surface area contributed by atoms with E-state index in [9.17, 15) is 25.6 Å². The largest absolute Gasteiger partial charge is 0.383 e. The van der Waals surface area contributed by atoms with Gasteiger partial charge in [-0.25, -0.2) is 16.8 Å². The molecule has 1 aromatic carbocycles. The van der Waals surface area contributed by atoms with Gasteiger partial charge >= 0.3 is 5.76 Å². The second-order valence-electron chi connectivity index (χ2n) is 4.79. The molecule has 0 radical (unpaired) electrons. The standard InChI is InChI=1S/C12H17F2NO4S2/c1-9(7-8-20(2,16)17)15-10-3-5-11(6-4-10)21(18,19)12(13)14/h3-6,9,12,15H,7-8H2,1-2H3. The molecule has 1 rings (SSSR count). The number of hydrogen-bond acceptors (Lipinski definition) is 5. The van der Waals surface area contributed by atoms with Gasteiger partial charge in [0.2, 0.25) is 9.84 Å². The van der Waals surface area contributed by atoms with Crippen LogP contribution in [0.2, 0.25) is 0 Å². The summed E-state index contributed by atoms with van der Waals surface area (Å²) in [6, 6.07) is 4.76. The maximum Gasteiger partial charge on any atom is 0.341 e. The Balaban J connectivity index is 2.71. The fraction of sp³-hybridized carbons (Fsp3) is 0.500. The van der Waals surface area contributed by atoms with Gasteiger partial charge in [-0.1, -0.05) is 0 Å². The number of sulfone groups is 2. The van der Waals surface area contributed by atoms with E-state index in [-0.39, 0.29) is 11.8 Å². The van der Waals surface area contributed by atoms with Crippen molar-refractivity contribution in [3.8, 4) is 0 Å². The zero-order valence-corrected chi connectivity index (χ0v) is 13.2. The Labute approximate surface area is 123 Å². The molecule has 0 aliphatic carbocycles. The predicted molar refractivity (Wildman–Crippen MR) is 77.0 cm³/mol. The molecular weight excluding hydrogens is 324 g/mol. The summed E-state index contributed by atoms with van der Waals surface area (Å²) < 4.78 is 69.3. The predicted octanol–water partition coefficient (Wildman–Crippen LogP) is 1.92. The van der Waals surface area contributed by atoms with Gasteiger partial charge in [0, 0.05) is 18.0 Å². The highest BCUT2D eigenvalue weighted by atomic mass is 32.2. The lowest BCUT2D eigenvalue weighted by Gasteiger charge is -2.15. The number of rotatable bonds is 7. The number of hydrogen-bond donors (Lipinski definition) is 1. The van der Waals surface area contributed by atoms with E-state index in [1.807, 2.05) is 0 Å². The van der Waals surface area contributed by atoms with Crippen LogP contribution in [0.25, 0.3) is 0 Å². The SMILES string of the molecule is CC(CCS(C)(=O)=O)Nc1ccc(S(=O)(=O)C(F)F)cc1.